The Bertz CT molecular complexity index is 1000. The first-order valence-electron chi connectivity index (χ1n) is 9.27. The third kappa shape index (κ3) is 4.23. The van der Waals surface area contributed by atoms with Crippen LogP contribution in [0.1, 0.15) is 29.8 Å². The van der Waals surface area contributed by atoms with Crippen LogP contribution in [0.25, 0.3) is 5.69 Å². The van der Waals surface area contributed by atoms with Gasteiger partial charge in [-0.25, -0.2) is 0 Å². The van der Waals surface area contributed by atoms with E-state index in [1.165, 1.54) is 0 Å². The summed E-state index contributed by atoms with van der Waals surface area (Å²) in [5.74, 6) is 1.69. The number of nitrogens with zero attached hydrogens (tertiary/aromatic N) is 3. The van der Waals surface area contributed by atoms with Crippen LogP contribution in [-0.4, -0.2) is 20.7 Å². The van der Waals surface area contributed by atoms with Crippen LogP contribution in [0.2, 0.25) is 5.02 Å². The zero-order valence-electron chi connectivity index (χ0n) is 15.6. The van der Waals surface area contributed by atoms with Crippen molar-refractivity contribution >= 4 is 29.3 Å². The minimum Gasteiger partial charge on any atom is -0.349 e. The fraction of sp³-hybridized carbons (Fsp3) is 0.286. The van der Waals surface area contributed by atoms with Crippen LogP contribution in [0.4, 0.5) is 0 Å². The number of benzene rings is 2. The summed E-state index contributed by atoms with van der Waals surface area (Å²) in [6.45, 7) is 2.42. The van der Waals surface area contributed by atoms with Crippen LogP contribution in [-0.2, 0) is 17.1 Å². The minimum atomic E-state index is 0.101. The smallest absolute Gasteiger partial charge is 0.223 e. The summed E-state index contributed by atoms with van der Waals surface area (Å²) in [4.78, 5) is 12.1. The number of carbonyl (C=O) groups excluding carboxylic acids is 1. The number of amides is 1. The zero-order valence-corrected chi connectivity index (χ0v) is 17.1. The van der Waals surface area contributed by atoms with Gasteiger partial charge < -0.3 is 5.32 Å². The standard InChI is InChI=1S/C21H21ClN4OS/c1-14-6-2-5-9-18(14)26-19(12-23-20(27)15-10-11-15)24-25-21(26)28-13-16-7-3-4-8-17(16)22/h2-9,15H,10-13H2,1H3,(H,23,27). The Morgan fingerprint density at radius 1 is 1.18 bits per heavy atom. The molecule has 1 fully saturated rings. The van der Waals surface area contributed by atoms with Crippen LogP contribution in [0.3, 0.4) is 0 Å². The predicted molar refractivity (Wildman–Crippen MR) is 112 cm³/mol. The normalized spacial score (nSPS) is 13.5. The van der Waals surface area contributed by atoms with Crippen molar-refractivity contribution in [2.75, 3.05) is 0 Å². The average molecular weight is 413 g/mol. The molecule has 3 aromatic rings. The van der Waals surface area contributed by atoms with Gasteiger partial charge in [-0.1, -0.05) is 59.8 Å². The van der Waals surface area contributed by atoms with E-state index in [1.807, 2.05) is 47.0 Å². The summed E-state index contributed by atoms with van der Waals surface area (Å²) in [5.41, 5.74) is 3.19. The lowest BCUT2D eigenvalue weighted by atomic mass is 10.2. The van der Waals surface area contributed by atoms with Gasteiger partial charge in [0.2, 0.25) is 5.91 Å². The summed E-state index contributed by atoms with van der Waals surface area (Å²) < 4.78 is 2.03. The van der Waals surface area contributed by atoms with E-state index in [1.54, 1.807) is 11.8 Å². The lowest BCUT2D eigenvalue weighted by Gasteiger charge is -2.13. The van der Waals surface area contributed by atoms with Gasteiger partial charge in [0, 0.05) is 16.7 Å². The van der Waals surface area contributed by atoms with Crippen molar-refractivity contribution in [3.8, 4) is 5.69 Å². The number of carbonyl (C=O) groups is 1. The molecule has 1 N–H and O–H groups in total. The molecular weight excluding hydrogens is 392 g/mol. The number of nitrogens with one attached hydrogen (secondary N) is 1. The topological polar surface area (TPSA) is 59.8 Å². The van der Waals surface area contributed by atoms with Gasteiger partial charge in [-0.3, -0.25) is 9.36 Å². The molecule has 4 rings (SSSR count). The van der Waals surface area contributed by atoms with Gasteiger partial charge in [0.25, 0.3) is 0 Å². The van der Waals surface area contributed by atoms with Crippen molar-refractivity contribution in [3.05, 3.63) is 70.5 Å². The van der Waals surface area contributed by atoms with Crippen LogP contribution >= 0.6 is 23.4 Å². The van der Waals surface area contributed by atoms with Gasteiger partial charge in [-0.05, 0) is 43.0 Å². The minimum absolute atomic E-state index is 0.101. The Kier molecular flexibility index (Phi) is 5.69. The molecule has 5 nitrogen and oxygen atoms in total. The number of hydrogen-bond donors (Lipinski definition) is 1. The van der Waals surface area contributed by atoms with Crippen molar-refractivity contribution in [2.45, 2.75) is 37.2 Å². The molecule has 28 heavy (non-hydrogen) atoms. The number of hydrogen-bond acceptors (Lipinski definition) is 4. The molecule has 1 amide bonds. The van der Waals surface area contributed by atoms with E-state index in [9.17, 15) is 4.79 Å². The molecule has 0 saturated heterocycles. The summed E-state index contributed by atoms with van der Waals surface area (Å²) in [6.07, 6.45) is 1.96. The number of para-hydroxylation sites is 1. The molecular formula is C21H21ClN4OS. The molecule has 7 heteroatoms. The largest absolute Gasteiger partial charge is 0.349 e. The first kappa shape index (κ1) is 19.0. The molecule has 144 valence electrons. The lowest BCUT2D eigenvalue weighted by Crippen LogP contribution is -2.26. The van der Waals surface area contributed by atoms with Gasteiger partial charge in [-0.15, -0.1) is 10.2 Å². The van der Waals surface area contributed by atoms with E-state index < -0.39 is 0 Å². The highest BCUT2D eigenvalue weighted by atomic mass is 35.5. The zero-order chi connectivity index (χ0) is 19.5. The van der Waals surface area contributed by atoms with Crippen LogP contribution in [0.15, 0.2) is 53.7 Å². The highest BCUT2D eigenvalue weighted by Crippen LogP contribution is 2.30. The molecule has 0 spiro atoms. The van der Waals surface area contributed by atoms with E-state index in [0.29, 0.717) is 12.3 Å². The van der Waals surface area contributed by atoms with E-state index in [0.717, 1.165) is 45.7 Å². The molecule has 1 heterocycles. The van der Waals surface area contributed by atoms with Crippen LogP contribution in [0.5, 0.6) is 0 Å². The Hall–Kier alpha value is -2.31. The molecule has 1 aliphatic rings. The highest BCUT2D eigenvalue weighted by molar-refractivity contribution is 7.98. The number of thioether (sulfide) groups is 1. The maximum absolute atomic E-state index is 12.1. The Labute approximate surface area is 173 Å². The highest BCUT2D eigenvalue weighted by Gasteiger charge is 2.29. The summed E-state index contributed by atoms with van der Waals surface area (Å²) in [7, 11) is 0. The predicted octanol–water partition coefficient (Wildman–Crippen LogP) is 4.55. The van der Waals surface area contributed by atoms with Crippen LogP contribution < -0.4 is 5.32 Å². The van der Waals surface area contributed by atoms with E-state index in [-0.39, 0.29) is 11.8 Å². The van der Waals surface area contributed by atoms with Crippen LogP contribution in [0, 0.1) is 12.8 Å². The number of aromatic nitrogens is 3. The molecule has 0 aliphatic heterocycles. The molecule has 0 bridgehead atoms. The molecule has 0 atom stereocenters. The second kappa shape index (κ2) is 8.37. The SMILES string of the molecule is Cc1ccccc1-n1c(CNC(=O)C2CC2)nnc1SCc1ccccc1Cl. The maximum Gasteiger partial charge on any atom is 0.223 e. The van der Waals surface area contributed by atoms with Crippen molar-refractivity contribution in [1.29, 1.82) is 0 Å². The Balaban J connectivity index is 1.61. The summed E-state index contributed by atoms with van der Waals surface area (Å²) >= 11 is 7.88. The lowest BCUT2D eigenvalue weighted by molar-refractivity contribution is -0.122. The van der Waals surface area contributed by atoms with E-state index in [4.69, 9.17) is 11.6 Å². The van der Waals surface area contributed by atoms with E-state index >= 15 is 0 Å². The monoisotopic (exact) mass is 412 g/mol. The second-order valence-corrected chi connectivity index (χ2v) is 8.24. The average Bonchev–Trinajstić information content (AvgIpc) is 3.47. The summed E-state index contributed by atoms with van der Waals surface area (Å²) in [5, 5.41) is 13.3. The first-order chi connectivity index (χ1) is 13.6. The molecule has 1 saturated carbocycles. The van der Waals surface area contributed by atoms with Gasteiger partial charge in [0.1, 0.15) is 0 Å². The van der Waals surface area contributed by atoms with Gasteiger partial charge in [-0.2, -0.15) is 0 Å². The Morgan fingerprint density at radius 2 is 1.93 bits per heavy atom. The molecule has 1 aromatic heterocycles. The summed E-state index contributed by atoms with van der Waals surface area (Å²) in [6, 6.07) is 15.9. The second-order valence-electron chi connectivity index (χ2n) is 6.89. The molecule has 1 aliphatic carbocycles. The molecule has 0 unspecified atom stereocenters. The number of halogens is 1. The van der Waals surface area contributed by atoms with E-state index in [2.05, 4.69) is 28.5 Å². The van der Waals surface area contributed by atoms with Crippen molar-refractivity contribution in [2.24, 2.45) is 5.92 Å². The third-order valence-electron chi connectivity index (χ3n) is 4.74. The Morgan fingerprint density at radius 3 is 2.68 bits per heavy atom. The number of rotatable bonds is 7. The maximum atomic E-state index is 12.1. The number of aryl methyl sites for hydroxylation is 1. The van der Waals surface area contributed by atoms with Gasteiger partial charge in [0.05, 0.1) is 12.2 Å². The van der Waals surface area contributed by atoms with Crippen molar-refractivity contribution < 1.29 is 4.79 Å². The molecule has 0 radical (unpaired) electrons. The quantitative estimate of drug-likeness (QED) is 0.578. The fourth-order valence-electron chi connectivity index (χ4n) is 2.98. The first-order valence-corrected chi connectivity index (χ1v) is 10.6. The van der Waals surface area contributed by atoms with Crippen molar-refractivity contribution in [3.63, 3.8) is 0 Å². The molecule has 2 aromatic carbocycles. The third-order valence-corrected chi connectivity index (χ3v) is 6.09. The van der Waals surface area contributed by atoms with Gasteiger partial charge in [0.15, 0.2) is 11.0 Å². The van der Waals surface area contributed by atoms with Gasteiger partial charge >= 0.3 is 0 Å². The van der Waals surface area contributed by atoms with Crippen molar-refractivity contribution in [1.82, 2.24) is 20.1 Å². The fourth-order valence-corrected chi connectivity index (χ4v) is 4.23.